The van der Waals surface area contributed by atoms with Gasteiger partial charge in [-0.25, -0.2) is 0 Å². The maximum atomic E-state index is 6.29. The van der Waals surface area contributed by atoms with Crippen LogP contribution in [0.4, 0.5) is 0 Å². The third-order valence-corrected chi connectivity index (χ3v) is 7.11. The molecule has 2 aromatic heterocycles. The van der Waals surface area contributed by atoms with Gasteiger partial charge in [0.2, 0.25) is 0 Å². The number of nitrogens with zero attached hydrogens (tertiary/aromatic N) is 4. The van der Waals surface area contributed by atoms with Gasteiger partial charge >= 0.3 is 0 Å². The lowest BCUT2D eigenvalue weighted by molar-refractivity contribution is 0.289. The zero-order valence-electron chi connectivity index (χ0n) is 20.5. The molecule has 176 valence electrons. The Morgan fingerprint density at radius 1 is 0.909 bits per heavy atom. The molecule has 0 amide bonds. The van der Waals surface area contributed by atoms with E-state index in [9.17, 15) is 0 Å². The summed E-state index contributed by atoms with van der Waals surface area (Å²) >= 11 is 6.29. The highest BCUT2D eigenvalue weighted by Gasteiger charge is 2.18. The van der Waals surface area contributed by atoms with Gasteiger partial charge in [-0.05, 0) is 56.5 Å². The molecule has 0 fully saturated rings. The molecule has 0 saturated heterocycles. The minimum absolute atomic E-state index is 0.711. The standard InChI is InChI=1S/C27H35ClN4O/c1-6-30(7-2)12-13-32-25-14-19(18-31(8-3)9-4)26(33-5)16-22(25)23-17-29-24-15-20(28)10-11-21(24)27(23)32/h10-11,14-17H,6-9,12-13,18H2,1-5H3. The van der Waals surface area contributed by atoms with Gasteiger partial charge in [-0.15, -0.1) is 0 Å². The summed E-state index contributed by atoms with van der Waals surface area (Å²) < 4.78 is 8.33. The van der Waals surface area contributed by atoms with Gasteiger partial charge < -0.3 is 14.2 Å². The van der Waals surface area contributed by atoms with Crippen LogP contribution in [0.2, 0.25) is 5.02 Å². The van der Waals surface area contributed by atoms with Gasteiger partial charge in [0.15, 0.2) is 0 Å². The number of methoxy groups -OCH3 is 1. The number of aromatic nitrogens is 2. The van der Waals surface area contributed by atoms with E-state index in [0.29, 0.717) is 5.02 Å². The Kier molecular flexibility index (Phi) is 7.42. The van der Waals surface area contributed by atoms with E-state index < -0.39 is 0 Å². The van der Waals surface area contributed by atoms with Crippen molar-refractivity contribution in [2.45, 2.75) is 40.8 Å². The van der Waals surface area contributed by atoms with E-state index in [4.69, 9.17) is 21.3 Å². The topological polar surface area (TPSA) is 33.5 Å². The Hall–Kier alpha value is -2.34. The molecule has 4 rings (SSSR count). The lowest BCUT2D eigenvalue weighted by Gasteiger charge is -2.21. The van der Waals surface area contributed by atoms with Crippen LogP contribution in [0.1, 0.15) is 33.3 Å². The van der Waals surface area contributed by atoms with Crippen molar-refractivity contribution >= 4 is 44.3 Å². The molecule has 33 heavy (non-hydrogen) atoms. The summed E-state index contributed by atoms with van der Waals surface area (Å²) in [4.78, 5) is 9.65. The van der Waals surface area contributed by atoms with Crippen LogP contribution in [0, 0.1) is 0 Å². The molecular weight excluding hydrogens is 432 g/mol. The van der Waals surface area contributed by atoms with Gasteiger partial charge in [0, 0.05) is 58.1 Å². The van der Waals surface area contributed by atoms with E-state index in [-0.39, 0.29) is 0 Å². The van der Waals surface area contributed by atoms with E-state index in [1.807, 2.05) is 18.3 Å². The van der Waals surface area contributed by atoms with Gasteiger partial charge in [0.25, 0.3) is 0 Å². The summed E-state index contributed by atoms with van der Waals surface area (Å²) in [5.74, 6) is 0.938. The maximum absolute atomic E-state index is 6.29. The molecule has 4 aromatic rings. The average molecular weight is 467 g/mol. The Labute approximate surface area is 201 Å². The highest BCUT2D eigenvalue weighted by molar-refractivity contribution is 6.31. The summed E-state index contributed by atoms with van der Waals surface area (Å²) in [5.41, 5.74) is 4.61. The van der Waals surface area contributed by atoms with Crippen molar-refractivity contribution in [1.82, 2.24) is 19.4 Å². The fourth-order valence-corrected chi connectivity index (χ4v) is 4.99. The van der Waals surface area contributed by atoms with E-state index in [1.165, 1.54) is 22.0 Å². The molecule has 0 atom stereocenters. The summed E-state index contributed by atoms with van der Waals surface area (Å²) in [6, 6.07) is 10.6. The average Bonchev–Trinajstić information content (AvgIpc) is 3.15. The van der Waals surface area contributed by atoms with Crippen molar-refractivity contribution in [3.63, 3.8) is 0 Å². The van der Waals surface area contributed by atoms with E-state index >= 15 is 0 Å². The van der Waals surface area contributed by atoms with Crippen LogP contribution >= 0.6 is 11.6 Å². The molecule has 0 spiro atoms. The number of ether oxygens (including phenoxy) is 1. The zero-order chi connectivity index (χ0) is 23.5. The minimum Gasteiger partial charge on any atom is -0.496 e. The predicted octanol–water partition coefficient (Wildman–Crippen LogP) is 6.19. The summed E-state index contributed by atoms with van der Waals surface area (Å²) in [6.45, 7) is 15.8. The lowest BCUT2D eigenvalue weighted by Crippen LogP contribution is -2.27. The minimum atomic E-state index is 0.711. The summed E-state index contributed by atoms with van der Waals surface area (Å²) in [7, 11) is 1.77. The quantitative estimate of drug-likeness (QED) is 0.279. The molecule has 0 radical (unpaired) electrons. The largest absolute Gasteiger partial charge is 0.496 e. The van der Waals surface area contributed by atoms with Crippen LogP contribution in [0.25, 0.3) is 32.7 Å². The zero-order valence-corrected chi connectivity index (χ0v) is 21.2. The van der Waals surface area contributed by atoms with Crippen LogP contribution in [0.15, 0.2) is 36.5 Å². The molecule has 6 heteroatoms. The number of halogens is 1. The Bertz CT molecular complexity index is 1260. The normalized spacial score (nSPS) is 12.1. The number of pyridine rings is 1. The summed E-state index contributed by atoms with van der Waals surface area (Å²) in [6.07, 6.45) is 1.99. The monoisotopic (exact) mass is 466 g/mol. The number of hydrogen-bond donors (Lipinski definition) is 0. The van der Waals surface area contributed by atoms with Crippen molar-refractivity contribution in [2.75, 3.05) is 39.8 Å². The molecule has 0 aliphatic carbocycles. The SMILES string of the molecule is CCN(CC)CCn1c2cc(CN(CC)CC)c(OC)cc2c2cnc3cc(Cl)ccc3c21. The van der Waals surface area contributed by atoms with Crippen molar-refractivity contribution in [3.05, 3.63) is 47.1 Å². The van der Waals surface area contributed by atoms with Gasteiger partial charge in [-0.3, -0.25) is 9.88 Å². The second-order valence-electron chi connectivity index (χ2n) is 8.50. The number of likely N-dealkylation sites (N-methyl/N-ethyl adjacent to an activating group) is 1. The molecule has 0 bridgehead atoms. The van der Waals surface area contributed by atoms with Gasteiger partial charge in [0.1, 0.15) is 5.75 Å². The van der Waals surface area contributed by atoms with Crippen molar-refractivity contribution < 1.29 is 4.74 Å². The molecule has 0 saturated carbocycles. The predicted molar refractivity (Wildman–Crippen MR) is 141 cm³/mol. The molecule has 5 nitrogen and oxygen atoms in total. The fourth-order valence-electron chi connectivity index (χ4n) is 4.83. The van der Waals surface area contributed by atoms with Crippen LogP contribution in [0.5, 0.6) is 5.75 Å². The molecular formula is C27H35ClN4O. The first-order chi connectivity index (χ1) is 16.0. The first-order valence-corrected chi connectivity index (χ1v) is 12.4. The van der Waals surface area contributed by atoms with Crippen molar-refractivity contribution in [3.8, 4) is 5.75 Å². The van der Waals surface area contributed by atoms with Gasteiger partial charge in [-0.2, -0.15) is 0 Å². The summed E-state index contributed by atoms with van der Waals surface area (Å²) in [5, 5.41) is 4.20. The molecule has 2 heterocycles. The van der Waals surface area contributed by atoms with E-state index in [2.05, 4.69) is 60.3 Å². The van der Waals surface area contributed by atoms with Gasteiger partial charge in [-0.1, -0.05) is 39.3 Å². The number of rotatable bonds is 10. The first-order valence-electron chi connectivity index (χ1n) is 12.1. The van der Waals surface area contributed by atoms with Crippen LogP contribution in [-0.4, -0.2) is 59.2 Å². The van der Waals surface area contributed by atoms with Crippen molar-refractivity contribution in [1.29, 1.82) is 0 Å². The van der Waals surface area contributed by atoms with Crippen LogP contribution < -0.4 is 4.74 Å². The highest BCUT2D eigenvalue weighted by Crippen LogP contribution is 2.37. The van der Waals surface area contributed by atoms with E-state index in [1.54, 1.807) is 7.11 Å². The number of fused-ring (bicyclic) bond motifs is 5. The lowest BCUT2D eigenvalue weighted by atomic mass is 10.1. The van der Waals surface area contributed by atoms with Crippen LogP contribution in [0.3, 0.4) is 0 Å². The third-order valence-electron chi connectivity index (χ3n) is 6.88. The molecule has 0 aliphatic rings. The van der Waals surface area contributed by atoms with Crippen LogP contribution in [-0.2, 0) is 13.1 Å². The molecule has 0 unspecified atom stereocenters. The molecule has 2 aromatic carbocycles. The number of benzene rings is 2. The van der Waals surface area contributed by atoms with Gasteiger partial charge in [0.05, 0.1) is 18.1 Å². The second-order valence-corrected chi connectivity index (χ2v) is 8.94. The van der Waals surface area contributed by atoms with E-state index in [0.717, 1.165) is 67.9 Å². The first kappa shape index (κ1) is 23.8. The van der Waals surface area contributed by atoms with Crippen molar-refractivity contribution in [2.24, 2.45) is 0 Å². The third kappa shape index (κ3) is 4.54. The Morgan fingerprint density at radius 2 is 1.64 bits per heavy atom. The Balaban J connectivity index is 1.99. The maximum Gasteiger partial charge on any atom is 0.124 e. The number of hydrogen-bond acceptors (Lipinski definition) is 4. The Morgan fingerprint density at radius 3 is 2.30 bits per heavy atom. The highest BCUT2D eigenvalue weighted by atomic mass is 35.5. The second kappa shape index (κ2) is 10.3. The molecule has 0 N–H and O–H groups in total. The molecule has 0 aliphatic heterocycles. The fraction of sp³-hybridized carbons (Fsp3) is 0.444. The smallest absolute Gasteiger partial charge is 0.124 e.